The van der Waals surface area contributed by atoms with Crippen LogP contribution in [-0.2, 0) is 17.6 Å². The summed E-state index contributed by atoms with van der Waals surface area (Å²) in [5.74, 6) is 2.39. The molecule has 2 heterocycles. The first-order chi connectivity index (χ1) is 14.3. The Kier molecular flexibility index (Phi) is 8.71. The third-order valence-corrected chi connectivity index (χ3v) is 5.21. The maximum atomic E-state index is 6.05. The van der Waals surface area contributed by atoms with Gasteiger partial charge in [-0.1, -0.05) is 6.07 Å². The topological polar surface area (TPSA) is 56.7 Å². The van der Waals surface area contributed by atoms with E-state index >= 15 is 0 Å². The first kappa shape index (κ1) is 21.5. The Balaban J connectivity index is 1.56. The predicted molar refractivity (Wildman–Crippen MR) is 114 cm³/mol. The number of aromatic nitrogens is 2. The van der Waals surface area contributed by atoms with Gasteiger partial charge >= 0.3 is 0 Å². The zero-order valence-electron chi connectivity index (χ0n) is 17.7. The summed E-state index contributed by atoms with van der Waals surface area (Å²) in [5, 5.41) is 0. The van der Waals surface area contributed by atoms with Gasteiger partial charge in [0.1, 0.15) is 5.82 Å². The van der Waals surface area contributed by atoms with Gasteiger partial charge in [0.05, 0.1) is 13.7 Å². The number of aryl methyl sites for hydroxylation is 1. The number of likely N-dealkylation sites (tertiary alicyclic amines) is 1. The molecule has 0 atom stereocenters. The molecule has 1 aromatic heterocycles. The molecule has 2 aromatic rings. The molecule has 158 valence electrons. The van der Waals surface area contributed by atoms with E-state index in [1.165, 1.54) is 25.9 Å². The summed E-state index contributed by atoms with van der Waals surface area (Å²) in [6.07, 6.45) is 8.05. The Morgan fingerprint density at radius 3 is 2.66 bits per heavy atom. The largest absolute Gasteiger partial charge is 0.493 e. The van der Waals surface area contributed by atoms with Crippen molar-refractivity contribution >= 4 is 0 Å². The fourth-order valence-corrected chi connectivity index (χ4v) is 3.67. The first-order valence-corrected chi connectivity index (χ1v) is 10.6. The second-order valence-electron chi connectivity index (χ2n) is 7.47. The third-order valence-electron chi connectivity index (χ3n) is 5.21. The van der Waals surface area contributed by atoms with Crippen LogP contribution in [0.25, 0.3) is 0 Å². The molecule has 0 aliphatic carbocycles. The second kappa shape index (κ2) is 11.7. The van der Waals surface area contributed by atoms with E-state index in [9.17, 15) is 0 Å². The molecule has 0 amide bonds. The highest BCUT2D eigenvalue weighted by atomic mass is 16.5. The average Bonchev–Trinajstić information content (AvgIpc) is 3.25. The Hall–Kier alpha value is -2.18. The number of rotatable bonds is 12. The molecule has 6 heteroatoms. The Bertz CT molecular complexity index is 748. The summed E-state index contributed by atoms with van der Waals surface area (Å²) in [7, 11) is 3.40. The Labute approximate surface area is 174 Å². The van der Waals surface area contributed by atoms with Crippen molar-refractivity contribution in [3.8, 4) is 11.5 Å². The van der Waals surface area contributed by atoms with Crippen LogP contribution in [0.1, 0.15) is 42.8 Å². The van der Waals surface area contributed by atoms with Gasteiger partial charge in [-0.05, 0) is 69.0 Å². The molecule has 1 fully saturated rings. The molecule has 1 aliphatic heterocycles. The van der Waals surface area contributed by atoms with Gasteiger partial charge in [0, 0.05) is 38.6 Å². The van der Waals surface area contributed by atoms with E-state index in [0.29, 0.717) is 13.0 Å². The van der Waals surface area contributed by atoms with Gasteiger partial charge in [-0.3, -0.25) is 0 Å². The molecule has 1 saturated heterocycles. The monoisotopic (exact) mass is 399 g/mol. The Morgan fingerprint density at radius 1 is 1.00 bits per heavy atom. The highest BCUT2D eigenvalue weighted by Gasteiger charge is 2.12. The van der Waals surface area contributed by atoms with Crippen LogP contribution in [-0.4, -0.2) is 61.9 Å². The number of ether oxygens (including phenoxy) is 3. The smallest absolute Gasteiger partial charge is 0.161 e. The van der Waals surface area contributed by atoms with Gasteiger partial charge in [0.15, 0.2) is 11.5 Å². The number of benzene rings is 1. The van der Waals surface area contributed by atoms with E-state index in [1.807, 2.05) is 18.3 Å². The molecule has 6 nitrogen and oxygen atoms in total. The highest BCUT2D eigenvalue weighted by molar-refractivity contribution is 5.43. The summed E-state index contributed by atoms with van der Waals surface area (Å²) >= 11 is 0. The molecule has 29 heavy (non-hydrogen) atoms. The van der Waals surface area contributed by atoms with Crippen molar-refractivity contribution in [2.75, 3.05) is 47.1 Å². The molecule has 0 unspecified atom stereocenters. The van der Waals surface area contributed by atoms with Crippen LogP contribution >= 0.6 is 0 Å². The molecule has 0 radical (unpaired) electrons. The summed E-state index contributed by atoms with van der Waals surface area (Å²) in [6, 6.07) is 8.04. The lowest BCUT2D eigenvalue weighted by Crippen LogP contribution is -2.21. The number of hydrogen-bond donors (Lipinski definition) is 0. The summed E-state index contributed by atoms with van der Waals surface area (Å²) < 4.78 is 16.6. The fourth-order valence-electron chi connectivity index (χ4n) is 3.67. The summed E-state index contributed by atoms with van der Waals surface area (Å²) in [5.41, 5.74) is 2.17. The van der Waals surface area contributed by atoms with Gasteiger partial charge in [-0.2, -0.15) is 0 Å². The maximum Gasteiger partial charge on any atom is 0.161 e. The SMILES string of the molecule is COCCCc1ccnc(Cc2ccc(OC)c(OCCCN3CCCC3)c2)n1. The molecular weight excluding hydrogens is 366 g/mol. The summed E-state index contributed by atoms with van der Waals surface area (Å²) in [6.45, 7) is 5.00. The van der Waals surface area contributed by atoms with Crippen LogP contribution in [0.4, 0.5) is 0 Å². The van der Waals surface area contributed by atoms with Crippen molar-refractivity contribution in [3.63, 3.8) is 0 Å². The van der Waals surface area contributed by atoms with Crippen molar-refractivity contribution in [2.24, 2.45) is 0 Å². The normalized spacial score (nSPS) is 14.3. The predicted octanol–water partition coefficient (Wildman–Crippen LogP) is 3.52. The van der Waals surface area contributed by atoms with Crippen LogP contribution < -0.4 is 9.47 Å². The van der Waals surface area contributed by atoms with Crippen LogP contribution in [0.2, 0.25) is 0 Å². The molecular formula is C23H33N3O3. The quantitative estimate of drug-likeness (QED) is 0.509. The van der Waals surface area contributed by atoms with Crippen molar-refractivity contribution in [1.82, 2.24) is 14.9 Å². The van der Waals surface area contributed by atoms with Crippen LogP contribution in [0, 0.1) is 0 Å². The minimum absolute atomic E-state index is 0.673. The van der Waals surface area contributed by atoms with Crippen LogP contribution in [0.3, 0.4) is 0 Å². The lowest BCUT2D eigenvalue weighted by molar-refractivity contribution is 0.195. The van der Waals surface area contributed by atoms with Crippen molar-refractivity contribution in [1.29, 1.82) is 0 Å². The molecule has 0 spiro atoms. The molecule has 1 aromatic carbocycles. The first-order valence-electron chi connectivity index (χ1n) is 10.6. The van der Waals surface area contributed by atoms with Gasteiger partial charge < -0.3 is 19.1 Å². The van der Waals surface area contributed by atoms with E-state index in [0.717, 1.165) is 61.0 Å². The standard InChI is InChI=1S/C23H33N3O3/c1-27-15-5-7-20-10-11-24-23(25-20)18-19-8-9-21(28-2)22(17-19)29-16-6-14-26-12-3-4-13-26/h8-11,17H,3-7,12-16,18H2,1-2H3. The van der Waals surface area contributed by atoms with Crippen LogP contribution in [0.5, 0.6) is 11.5 Å². The summed E-state index contributed by atoms with van der Waals surface area (Å²) in [4.78, 5) is 11.6. The molecule has 0 bridgehead atoms. The van der Waals surface area contributed by atoms with Gasteiger partial charge in [-0.25, -0.2) is 9.97 Å². The van der Waals surface area contributed by atoms with E-state index in [4.69, 9.17) is 14.2 Å². The number of methoxy groups -OCH3 is 2. The highest BCUT2D eigenvalue weighted by Crippen LogP contribution is 2.29. The number of nitrogens with zero attached hydrogens (tertiary/aromatic N) is 3. The van der Waals surface area contributed by atoms with Crippen molar-refractivity contribution in [2.45, 2.75) is 38.5 Å². The fraction of sp³-hybridized carbons (Fsp3) is 0.565. The van der Waals surface area contributed by atoms with Crippen molar-refractivity contribution in [3.05, 3.63) is 47.5 Å². The van der Waals surface area contributed by atoms with E-state index in [1.54, 1.807) is 14.2 Å². The van der Waals surface area contributed by atoms with Gasteiger partial charge in [0.25, 0.3) is 0 Å². The molecule has 1 aliphatic rings. The van der Waals surface area contributed by atoms with Gasteiger partial charge in [0.2, 0.25) is 0 Å². The molecule has 0 N–H and O–H groups in total. The lowest BCUT2D eigenvalue weighted by atomic mass is 10.1. The number of hydrogen-bond acceptors (Lipinski definition) is 6. The van der Waals surface area contributed by atoms with E-state index in [-0.39, 0.29) is 0 Å². The Morgan fingerprint density at radius 2 is 1.86 bits per heavy atom. The molecule has 0 saturated carbocycles. The van der Waals surface area contributed by atoms with Crippen molar-refractivity contribution < 1.29 is 14.2 Å². The zero-order valence-corrected chi connectivity index (χ0v) is 17.7. The van der Waals surface area contributed by atoms with E-state index in [2.05, 4.69) is 27.0 Å². The van der Waals surface area contributed by atoms with Crippen LogP contribution in [0.15, 0.2) is 30.5 Å². The average molecular weight is 400 g/mol. The lowest BCUT2D eigenvalue weighted by Gasteiger charge is -2.16. The zero-order chi connectivity index (χ0) is 20.3. The molecule has 3 rings (SSSR count). The second-order valence-corrected chi connectivity index (χ2v) is 7.47. The minimum Gasteiger partial charge on any atom is -0.493 e. The maximum absolute atomic E-state index is 6.05. The van der Waals surface area contributed by atoms with Gasteiger partial charge in [-0.15, -0.1) is 0 Å². The van der Waals surface area contributed by atoms with E-state index < -0.39 is 0 Å². The minimum atomic E-state index is 0.673. The third kappa shape index (κ3) is 6.98.